The number of benzene rings is 1. The molecule has 1 aromatic rings. The molecule has 1 heterocycles. The van der Waals surface area contributed by atoms with E-state index in [1.54, 1.807) is 0 Å². The summed E-state index contributed by atoms with van der Waals surface area (Å²) >= 11 is 5.93. The Balaban J connectivity index is 1.92. The van der Waals surface area contributed by atoms with Crippen molar-refractivity contribution in [1.29, 1.82) is 0 Å². The molecule has 104 valence electrons. The third-order valence-electron chi connectivity index (χ3n) is 3.17. The van der Waals surface area contributed by atoms with E-state index in [0.29, 0.717) is 31.1 Å². The Bertz CT molecular complexity index is 437. The van der Waals surface area contributed by atoms with E-state index in [1.807, 2.05) is 36.2 Å². The van der Waals surface area contributed by atoms with Crippen LogP contribution in [0.1, 0.15) is 5.56 Å². The van der Waals surface area contributed by atoms with Crippen molar-refractivity contribution in [3.05, 3.63) is 34.9 Å². The van der Waals surface area contributed by atoms with Gasteiger partial charge < -0.3 is 15.0 Å². The Labute approximate surface area is 118 Å². The van der Waals surface area contributed by atoms with E-state index in [4.69, 9.17) is 16.3 Å². The molecule has 1 aliphatic heterocycles. The van der Waals surface area contributed by atoms with Gasteiger partial charge in [0.1, 0.15) is 0 Å². The fourth-order valence-corrected chi connectivity index (χ4v) is 2.44. The monoisotopic (exact) mass is 282 g/mol. The molecule has 2 rings (SSSR count). The van der Waals surface area contributed by atoms with Gasteiger partial charge >= 0.3 is 0 Å². The van der Waals surface area contributed by atoms with Crippen molar-refractivity contribution < 1.29 is 9.53 Å². The van der Waals surface area contributed by atoms with Crippen molar-refractivity contribution in [2.45, 2.75) is 12.5 Å². The number of hydrogen-bond donors (Lipinski definition) is 1. The summed E-state index contributed by atoms with van der Waals surface area (Å²) in [6.07, 6.45) is 0.481. The molecule has 0 spiro atoms. The number of carbonyl (C=O) groups excluding carboxylic acids is 1. The minimum atomic E-state index is 0.0852. The Hall–Kier alpha value is -1.10. The fraction of sp³-hybridized carbons (Fsp3) is 0.500. The van der Waals surface area contributed by atoms with Crippen LogP contribution in [0.15, 0.2) is 24.3 Å². The van der Waals surface area contributed by atoms with Crippen LogP contribution in [-0.4, -0.2) is 50.2 Å². The number of halogens is 1. The minimum absolute atomic E-state index is 0.0852. The number of amides is 1. The second-order valence-corrected chi connectivity index (χ2v) is 5.13. The van der Waals surface area contributed by atoms with Gasteiger partial charge in [0.25, 0.3) is 0 Å². The molecule has 1 unspecified atom stereocenters. The number of likely N-dealkylation sites (N-methyl/N-ethyl adjacent to an activating group) is 1. The largest absolute Gasteiger partial charge is 0.373 e. The predicted octanol–water partition coefficient (Wildman–Crippen LogP) is 1.33. The summed E-state index contributed by atoms with van der Waals surface area (Å²) in [6, 6.07) is 7.45. The van der Waals surface area contributed by atoms with E-state index >= 15 is 0 Å². The summed E-state index contributed by atoms with van der Waals surface area (Å²) in [5.41, 5.74) is 0.953. The Morgan fingerprint density at radius 2 is 2.42 bits per heavy atom. The summed E-state index contributed by atoms with van der Waals surface area (Å²) in [5, 5.41) is 3.74. The summed E-state index contributed by atoms with van der Waals surface area (Å²) < 4.78 is 5.59. The molecule has 1 N–H and O–H groups in total. The average Bonchev–Trinajstić information content (AvgIpc) is 2.39. The van der Waals surface area contributed by atoms with E-state index in [2.05, 4.69) is 5.32 Å². The Kier molecular flexibility index (Phi) is 5.19. The lowest BCUT2D eigenvalue weighted by molar-refractivity contribution is -0.137. The van der Waals surface area contributed by atoms with Crippen molar-refractivity contribution >= 4 is 17.5 Å². The molecule has 19 heavy (non-hydrogen) atoms. The smallest absolute Gasteiger partial charge is 0.227 e. The standard InChI is InChI=1S/C14H19ClN2O2/c1-16-9-13-10-17(5-6-19-13)14(18)8-11-3-2-4-12(15)7-11/h2-4,7,13,16H,5-6,8-10H2,1H3. The number of nitrogens with one attached hydrogen (secondary N) is 1. The molecule has 1 aliphatic rings. The highest BCUT2D eigenvalue weighted by atomic mass is 35.5. The Morgan fingerprint density at radius 1 is 1.58 bits per heavy atom. The quantitative estimate of drug-likeness (QED) is 0.906. The summed E-state index contributed by atoms with van der Waals surface area (Å²) in [7, 11) is 1.89. The molecule has 0 aromatic heterocycles. The number of hydrogen-bond acceptors (Lipinski definition) is 3. The summed E-state index contributed by atoms with van der Waals surface area (Å²) in [6.45, 7) is 2.69. The third kappa shape index (κ3) is 4.20. The van der Waals surface area contributed by atoms with Gasteiger partial charge in [-0.3, -0.25) is 4.79 Å². The third-order valence-corrected chi connectivity index (χ3v) is 3.40. The van der Waals surface area contributed by atoms with Crippen LogP contribution >= 0.6 is 11.6 Å². The van der Waals surface area contributed by atoms with Crippen LogP contribution in [0, 0.1) is 0 Å². The zero-order valence-corrected chi connectivity index (χ0v) is 11.8. The van der Waals surface area contributed by atoms with Crippen molar-refractivity contribution in [1.82, 2.24) is 10.2 Å². The topological polar surface area (TPSA) is 41.6 Å². The molecule has 1 fully saturated rings. The van der Waals surface area contributed by atoms with E-state index in [0.717, 1.165) is 12.1 Å². The Morgan fingerprint density at radius 3 is 3.16 bits per heavy atom. The van der Waals surface area contributed by atoms with Gasteiger partial charge in [0.2, 0.25) is 5.91 Å². The van der Waals surface area contributed by atoms with Gasteiger partial charge in [0.15, 0.2) is 0 Å². The molecular weight excluding hydrogens is 264 g/mol. The van der Waals surface area contributed by atoms with Gasteiger partial charge in [0.05, 0.1) is 19.1 Å². The van der Waals surface area contributed by atoms with Crippen LogP contribution in [0.4, 0.5) is 0 Å². The molecule has 1 aromatic carbocycles. The van der Waals surface area contributed by atoms with Crippen molar-refractivity contribution in [2.24, 2.45) is 0 Å². The van der Waals surface area contributed by atoms with E-state index < -0.39 is 0 Å². The molecule has 1 atom stereocenters. The molecule has 0 radical (unpaired) electrons. The molecule has 1 amide bonds. The number of rotatable bonds is 4. The summed E-state index contributed by atoms with van der Waals surface area (Å²) in [5.74, 6) is 0.131. The number of carbonyl (C=O) groups is 1. The maximum absolute atomic E-state index is 12.2. The van der Waals surface area contributed by atoms with E-state index in [1.165, 1.54) is 0 Å². The first kappa shape index (κ1) is 14.3. The number of nitrogens with zero attached hydrogens (tertiary/aromatic N) is 1. The van der Waals surface area contributed by atoms with E-state index in [-0.39, 0.29) is 12.0 Å². The molecule has 0 aliphatic carbocycles. The van der Waals surface area contributed by atoms with Crippen molar-refractivity contribution in [3.8, 4) is 0 Å². The van der Waals surface area contributed by atoms with Gasteiger partial charge in [-0.1, -0.05) is 23.7 Å². The van der Waals surface area contributed by atoms with Crippen molar-refractivity contribution in [2.75, 3.05) is 33.3 Å². The zero-order chi connectivity index (χ0) is 13.7. The van der Waals surface area contributed by atoms with Crippen LogP contribution in [0.3, 0.4) is 0 Å². The summed E-state index contributed by atoms with van der Waals surface area (Å²) in [4.78, 5) is 14.1. The second-order valence-electron chi connectivity index (χ2n) is 4.70. The average molecular weight is 283 g/mol. The lowest BCUT2D eigenvalue weighted by atomic mass is 10.1. The maximum atomic E-state index is 12.2. The lowest BCUT2D eigenvalue weighted by Crippen LogP contribution is -2.49. The molecular formula is C14H19ClN2O2. The first-order valence-electron chi connectivity index (χ1n) is 6.47. The van der Waals surface area contributed by atoms with Crippen LogP contribution < -0.4 is 5.32 Å². The van der Waals surface area contributed by atoms with Gasteiger partial charge in [-0.15, -0.1) is 0 Å². The molecule has 0 saturated carbocycles. The van der Waals surface area contributed by atoms with Gasteiger partial charge in [-0.25, -0.2) is 0 Å². The molecule has 1 saturated heterocycles. The van der Waals surface area contributed by atoms with E-state index in [9.17, 15) is 4.79 Å². The number of morpholine rings is 1. The highest BCUT2D eigenvalue weighted by molar-refractivity contribution is 6.30. The normalized spacial score (nSPS) is 19.5. The maximum Gasteiger partial charge on any atom is 0.227 e. The van der Waals surface area contributed by atoms with Crippen molar-refractivity contribution in [3.63, 3.8) is 0 Å². The van der Waals surface area contributed by atoms with Crippen LogP contribution in [0.25, 0.3) is 0 Å². The predicted molar refractivity (Wildman–Crippen MR) is 75.4 cm³/mol. The first-order chi connectivity index (χ1) is 9.19. The molecule has 0 bridgehead atoms. The lowest BCUT2D eigenvalue weighted by Gasteiger charge is -2.33. The highest BCUT2D eigenvalue weighted by Crippen LogP contribution is 2.13. The second kappa shape index (κ2) is 6.89. The van der Waals surface area contributed by atoms with Crippen LogP contribution in [-0.2, 0) is 16.0 Å². The highest BCUT2D eigenvalue weighted by Gasteiger charge is 2.23. The molecule has 5 heteroatoms. The van der Waals surface area contributed by atoms with Crippen LogP contribution in [0.2, 0.25) is 5.02 Å². The first-order valence-corrected chi connectivity index (χ1v) is 6.85. The van der Waals surface area contributed by atoms with Gasteiger partial charge in [-0.2, -0.15) is 0 Å². The zero-order valence-electron chi connectivity index (χ0n) is 11.1. The van der Waals surface area contributed by atoms with Crippen LogP contribution in [0.5, 0.6) is 0 Å². The van der Waals surface area contributed by atoms with Gasteiger partial charge in [-0.05, 0) is 24.7 Å². The fourth-order valence-electron chi connectivity index (χ4n) is 2.23. The minimum Gasteiger partial charge on any atom is -0.373 e. The van der Waals surface area contributed by atoms with Gasteiger partial charge in [0, 0.05) is 24.7 Å². The SMILES string of the molecule is CNCC1CN(C(=O)Cc2cccc(Cl)c2)CCO1. The number of ether oxygens (including phenoxy) is 1. The molecule has 4 nitrogen and oxygen atoms in total.